The van der Waals surface area contributed by atoms with Gasteiger partial charge >= 0.3 is 0 Å². The quantitative estimate of drug-likeness (QED) is 0.527. The average molecular weight is 399 g/mol. The number of rotatable bonds is 8. The lowest BCUT2D eigenvalue weighted by Crippen LogP contribution is -2.27. The number of aliphatic hydroxyl groups is 1. The van der Waals surface area contributed by atoms with Gasteiger partial charge in [-0.05, 0) is 47.7 Å². The third-order valence-corrected chi connectivity index (χ3v) is 4.14. The van der Waals surface area contributed by atoms with Gasteiger partial charge in [0.25, 0.3) is 6.29 Å². The summed E-state index contributed by atoms with van der Waals surface area (Å²) >= 11 is 5.84. The lowest BCUT2D eigenvalue weighted by atomic mass is 10.1. The highest BCUT2D eigenvalue weighted by Gasteiger charge is 2.15. The standard InChI is InChI=1S/C21H19ClN2O4/c1-3-21(26)28-18-10-4-14(12-19(18)27-2)5-11-20(25)24-17(13-23)15-6-8-16(22)9-7-15/h1,4,6-10,12,17,21,26H,5,11H2,2H3,(H,24,25). The fourth-order valence-corrected chi connectivity index (χ4v) is 2.58. The molecule has 2 aromatic carbocycles. The summed E-state index contributed by atoms with van der Waals surface area (Å²) in [6.45, 7) is 0. The number of amides is 1. The van der Waals surface area contributed by atoms with Crippen LogP contribution in [0.5, 0.6) is 11.5 Å². The molecule has 7 heteroatoms. The van der Waals surface area contributed by atoms with E-state index >= 15 is 0 Å². The summed E-state index contributed by atoms with van der Waals surface area (Å²) in [7, 11) is 1.46. The minimum Gasteiger partial charge on any atom is -0.493 e. The Hall–Kier alpha value is -3.19. The largest absolute Gasteiger partial charge is 0.493 e. The number of hydrogen-bond acceptors (Lipinski definition) is 5. The molecule has 0 heterocycles. The summed E-state index contributed by atoms with van der Waals surface area (Å²) in [5.74, 6) is 2.48. The maximum Gasteiger partial charge on any atom is 0.262 e. The lowest BCUT2D eigenvalue weighted by Gasteiger charge is -2.14. The van der Waals surface area contributed by atoms with Crippen LogP contribution in [0.1, 0.15) is 23.6 Å². The van der Waals surface area contributed by atoms with Crippen molar-refractivity contribution in [1.82, 2.24) is 5.32 Å². The molecule has 0 aliphatic heterocycles. The SMILES string of the molecule is C#CC(O)Oc1ccc(CCC(=O)NC(C#N)c2ccc(Cl)cc2)cc1OC. The first-order valence-corrected chi connectivity index (χ1v) is 8.76. The Morgan fingerprint density at radius 2 is 2.00 bits per heavy atom. The molecule has 2 unspecified atom stereocenters. The fraction of sp³-hybridized carbons (Fsp3) is 0.238. The van der Waals surface area contributed by atoms with Crippen molar-refractivity contribution in [3.8, 4) is 29.9 Å². The van der Waals surface area contributed by atoms with Gasteiger partial charge < -0.3 is 19.9 Å². The summed E-state index contributed by atoms with van der Waals surface area (Å²) < 4.78 is 10.4. The third-order valence-electron chi connectivity index (χ3n) is 3.89. The van der Waals surface area contributed by atoms with Gasteiger partial charge in [0.15, 0.2) is 11.5 Å². The fourth-order valence-electron chi connectivity index (χ4n) is 2.46. The number of nitrogens with one attached hydrogen (secondary N) is 1. The second-order valence-electron chi connectivity index (χ2n) is 5.80. The Morgan fingerprint density at radius 3 is 2.61 bits per heavy atom. The van der Waals surface area contributed by atoms with E-state index in [0.29, 0.717) is 28.5 Å². The number of nitriles is 1. The molecular weight excluding hydrogens is 380 g/mol. The van der Waals surface area contributed by atoms with Gasteiger partial charge in [0.05, 0.1) is 13.2 Å². The molecule has 144 valence electrons. The van der Waals surface area contributed by atoms with E-state index in [2.05, 4.69) is 17.3 Å². The second-order valence-corrected chi connectivity index (χ2v) is 6.24. The van der Waals surface area contributed by atoms with Crippen molar-refractivity contribution in [2.24, 2.45) is 0 Å². The van der Waals surface area contributed by atoms with Gasteiger partial charge in [-0.2, -0.15) is 5.26 Å². The van der Waals surface area contributed by atoms with Crippen LogP contribution in [0.2, 0.25) is 5.02 Å². The van der Waals surface area contributed by atoms with E-state index in [9.17, 15) is 15.2 Å². The minimum absolute atomic E-state index is 0.183. The van der Waals surface area contributed by atoms with Crippen molar-refractivity contribution >= 4 is 17.5 Å². The van der Waals surface area contributed by atoms with Gasteiger partial charge in [0, 0.05) is 11.4 Å². The molecule has 2 atom stereocenters. The molecule has 0 aromatic heterocycles. The van der Waals surface area contributed by atoms with Crippen LogP contribution in [-0.2, 0) is 11.2 Å². The smallest absolute Gasteiger partial charge is 0.262 e. The van der Waals surface area contributed by atoms with Crippen LogP contribution in [0, 0.1) is 23.7 Å². The van der Waals surface area contributed by atoms with Gasteiger partial charge in [0.1, 0.15) is 6.04 Å². The first kappa shape index (κ1) is 21.1. The molecule has 6 nitrogen and oxygen atoms in total. The number of aliphatic hydroxyl groups excluding tert-OH is 1. The number of hydrogen-bond donors (Lipinski definition) is 2. The van der Waals surface area contributed by atoms with Crippen molar-refractivity contribution < 1.29 is 19.4 Å². The number of ether oxygens (including phenoxy) is 2. The van der Waals surface area contributed by atoms with Crippen LogP contribution in [0.3, 0.4) is 0 Å². The van der Waals surface area contributed by atoms with Gasteiger partial charge in [0.2, 0.25) is 5.91 Å². The zero-order chi connectivity index (χ0) is 20.5. The highest BCUT2D eigenvalue weighted by atomic mass is 35.5. The number of halogens is 1. The summed E-state index contributed by atoms with van der Waals surface area (Å²) in [5, 5.41) is 22.0. The number of aryl methyl sites for hydroxylation is 1. The maximum absolute atomic E-state index is 12.2. The first-order valence-electron chi connectivity index (χ1n) is 8.39. The molecule has 0 aliphatic rings. The molecule has 0 saturated carbocycles. The summed E-state index contributed by atoms with van der Waals surface area (Å²) in [4.78, 5) is 12.2. The monoisotopic (exact) mass is 398 g/mol. The van der Waals surface area contributed by atoms with Crippen molar-refractivity contribution in [2.45, 2.75) is 25.2 Å². The van der Waals surface area contributed by atoms with E-state index in [0.717, 1.165) is 5.56 Å². The number of carbonyl (C=O) groups excluding carboxylic acids is 1. The molecule has 1 amide bonds. The normalized spacial score (nSPS) is 12.2. The summed E-state index contributed by atoms with van der Waals surface area (Å²) in [5.41, 5.74) is 1.49. The van der Waals surface area contributed by atoms with Crippen LogP contribution in [-0.4, -0.2) is 24.4 Å². The number of methoxy groups -OCH3 is 1. The summed E-state index contributed by atoms with van der Waals surface area (Å²) in [6, 6.07) is 13.1. The average Bonchev–Trinajstić information content (AvgIpc) is 2.71. The van der Waals surface area contributed by atoms with E-state index < -0.39 is 12.3 Å². The Bertz CT molecular complexity index is 900. The molecule has 28 heavy (non-hydrogen) atoms. The molecule has 2 rings (SSSR count). The molecule has 2 aromatic rings. The maximum atomic E-state index is 12.2. The van der Waals surface area contributed by atoms with Crippen molar-refractivity contribution in [3.05, 3.63) is 58.6 Å². The van der Waals surface area contributed by atoms with Crippen molar-refractivity contribution in [1.29, 1.82) is 5.26 Å². The van der Waals surface area contributed by atoms with E-state index in [1.54, 1.807) is 42.5 Å². The van der Waals surface area contributed by atoms with E-state index in [1.165, 1.54) is 7.11 Å². The van der Waals surface area contributed by atoms with Crippen LogP contribution < -0.4 is 14.8 Å². The van der Waals surface area contributed by atoms with E-state index in [1.807, 2.05) is 0 Å². The molecular formula is C21H19ClN2O4. The van der Waals surface area contributed by atoms with Crippen LogP contribution in [0.15, 0.2) is 42.5 Å². The number of carbonyl (C=O) groups is 1. The number of benzene rings is 2. The number of terminal acetylenes is 1. The van der Waals surface area contributed by atoms with Gasteiger partial charge in [-0.3, -0.25) is 4.79 Å². The molecule has 0 aliphatic carbocycles. The van der Waals surface area contributed by atoms with Crippen LogP contribution in [0.25, 0.3) is 0 Å². The Labute approximate surface area is 168 Å². The Morgan fingerprint density at radius 1 is 1.29 bits per heavy atom. The summed E-state index contributed by atoms with van der Waals surface area (Å²) in [6.07, 6.45) is 4.32. The highest BCUT2D eigenvalue weighted by Crippen LogP contribution is 2.29. The first-order chi connectivity index (χ1) is 13.5. The van der Waals surface area contributed by atoms with Gasteiger partial charge in [-0.25, -0.2) is 0 Å². The van der Waals surface area contributed by atoms with E-state index in [4.69, 9.17) is 27.5 Å². The zero-order valence-electron chi connectivity index (χ0n) is 15.2. The topological polar surface area (TPSA) is 91.6 Å². The third kappa shape index (κ3) is 5.92. The van der Waals surface area contributed by atoms with Crippen molar-refractivity contribution in [2.75, 3.05) is 7.11 Å². The van der Waals surface area contributed by atoms with E-state index in [-0.39, 0.29) is 12.3 Å². The molecule has 0 saturated heterocycles. The van der Waals surface area contributed by atoms with Crippen LogP contribution >= 0.6 is 11.6 Å². The number of nitrogens with zero attached hydrogens (tertiary/aromatic N) is 1. The minimum atomic E-state index is -1.37. The van der Waals surface area contributed by atoms with Gasteiger partial charge in [-0.1, -0.05) is 29.8 Å². The Kier molecular flexibility index (Phi) is 7.71. The van der Waals surface area contributed by atoms with Gasteiger partial charge in [-0.15, -0.1) is 6.42 Å². The Balaban J connectivity index is 1.97. The molecule has 2 N–H and O–H groups in total. The molecule has 0 radical (unpaired) electrons. The molecule has 0 spiro atoms. The second kappa shape index (κ2) is 10.2. The predicted octanol–water partition coefficient (Wildman–Crippen LogP) is 2.99. The predicted molar refractivity (Wildman–Crippen MR) is 105 cm³/mol. The lowest BCUT2D eigenvalue weighted by molar-refractivity contribution is -0.121. The molecule has 0 fully saturated rings. The highest BCUT2D eigenvalue weighted by molar-refractivity contribution is 6.30. The molecule has 0 bridgehead atoms. The zero-order valence-corrected chi connectivity index (χ0v) is 15.9. The van der Waals surface area contributed by atoms with Crippen LogP contribution in [0.4, 0.5) is 0 Å². The van der Waals surface area contributed by atoms with Crippen molar-refractivity contribution in [3.63, 3.8) is 0 Å².